The minimum Gasteiger partial charge on any atom is -0.378 e. The van der Waals surface area contributed by atoms with Crippen molar-refractivity contribution in [3.05, 3.63) is 65.2 Å². The van der Waals surface area contributed by atoms with Crippen molar-refractivity contribution in [3.63, 3.8) is 0 Å². The lowest BCUT2D eigenvalue weighted by Gasteiger charge is -2.31. The molecule has 1 amide bonds. The van der Waals surface area contributed by atoms with Gasteiger partial charge in [0.1, 0.15) is 0 Å². The van der Waals surface area contributed by atoms with Crippen LogP contribution in [0.4, 0.5) is 0 Å². The molecule has 2 aromatic carbocycles. The van der Waals surface area contributed by atoms with Crippen LogP contribution in [-0.4, -0.2) is 62.9 Å². The smallest absolute Gasteiger partial charge is 0.232 e. The van der Waals surface area contributed by atoms with E-state index in [0.29, 0.717) is 45.4 Å². The highest BCUT2D eigenvalue weighted by molar-refractivity contribution is 7.98. The van der Waals surface area contributed by atoms with E-state index in [-0.39, 0.29) is 11.8 Å². The van der Waals surface area contributed by atoms with E-state index < -0.39 is 0 Å². The first-order chi connectivity index (χ1) is 15.1. The number of benzene rings is 2. The number of aliphatic imine (C=N–C) groups is 1. The second kappa shape index (κ2) is 11.8. The van der Waals surface area contributed by atoms with Crippen molar-refractivity contribution in [2.24, 2.45) is 4.99 Å². The fourth-order valence-electron chi connectivity index (χ4n) is 3.63. The van der Waals surface area contributed by atoms with Gasteiger partial charge in [0.25, 0.3) is 0 Å². The van der Waals surface area contributed by atoms with Crippen LogP contribution in [0.15, 0.2) is 58.4 Å². The van der Waals surface area contributed by atoms with Gasteiger partial charge in [-0.3, -0.25) is 9.79 Å². The summed E-state index contributed by atoms with van der Waals surface area (Å²) in [5, 5.41) is 6.75. The van der Waals surface area contributed by atoms with Crippen LogP contribution in [0.2, 0.25) is 0 Å². The summed E-state index contributed by atoms with van der Waals surface area (Å²) in [4.78, 5) is 20.8. The first kappa shape index (κ1) is 23.2. The Morgan fingerprint density at radius 1 is 1.16 bits per heavy atom. The Kier molecular flexibility index (Phi) is 8.79. The van der Waals surface area contributed by atoms with E-state index in [1.165, 1.54) is 16.0 Å². The fourth-order valence-corrected chi connectivity index (χ4v) is 4.34. The van der Waals surface area contributed by atoms with Gasteiger partial charge in [-0.15, -0.1) is 11.8 Å². The van der Waals surface area contributed by atoms with Crippen molar-refractivity contribution in [3.8, 4) is 0 Å². The van der Waals surface area contributed by atoms with Crippen LogP contribution in [0.3, 0.4) is 0 Å². The van der Waals surface area contributed by atoms with Crippen molar-refractivity contribution >= 4 is 23.6 Å². The maximum absolute atomic E-state index is 13.3. The summed E-state index contributed by atoms with van der Waals surface area (Å²) in [6, 6.07) is 16.4. The molecule has 0 bridgehead atoms. The normalized spacial score (nSPS) is 15.5. The number of guanidine groups is 1. The number of carbonyl (C=O) groups excluding carboxylic acids is 1. The Bertz CT molecular complexity index is 882. The molecule has 1 fully saturated rings. The molecule has 31 heavy (non-hydrogen) atoms. The van der Waals surface area contributed by atoms with Gasteiger partial charge < -0.3 is 20.3 Å². The van der Waals surface area contributed by atoms with E-state index in [2.05, 4.69) is 47.0 Å². The molecule has 1 saturated heterocycles. The van der Waals surface area contributed by atoms with E-state index in [4.69, 9.17) is 4.74 Å². The van der Waals surface area contributed by atoms with Gasteiger partial charge in [-0.25, -0.2) is 0 Å². The molecule has 2 aromatic rings. The van der Waals surface area contributed by atoms with Gasteiger partial charge in [0, 0.05) is 38.1 Å². The Labute approximate surface area is 189 Å². The molecule has 6 nitrogen and oxygen atoms in total. The molecule has 1 atom stereocenters. The summed E-state index contributed by atoms with van der Waals surface area (Å²) in [5.74, 6) is 0.531. The maximum Gasteiger partial charge on any atom is 0.232 e. The largest absolute Gasteiger partial charge is 0.378 e. The average Bonchev–Trinajstić information content (AvgIpc) is 2.82. The molecule has 3 rings (SSSR count). The fraction of sp³-hybridized carbons (Fsp3) is 0.417. The molecule has 0 spiro atoms. The molecule has 0 radical (unpaired) electrons. The molecule has 0 aromatic heterocycles. The summed E-state index contributed by atoms with van der Waals surface area (Å²) in [5.41, 5.74) is 3.48. The topological polar surface area (TPSA) is 66.0 Å². The predicted octanol–water partition coefficient (Wildman–Crippen LogP) is 3.02. The first-order valence-electron chi connectivity index (χ1n) is 10.6. The number of nitrogens with zero attached hydrogens (tertiary/aromatic N) is 2. The minimum atomic E-state index is -0.279. The third kappa shape index (κ3) is 6.48. The molecule has 1 unspecified atom stereocenters. The van der Waals surface area contributed by atoms with Crippen LogP contribution in [0.5, 0.6) is 0 Å². The monoisotopic (exact) mass is 440 g/mol. The molecular formula is C24H32N4O2S. The first-order valence-corrected chi connectivity index (χ1v) is 11.8. The van der Waals surface area contributed by atoms with Crippen molar-refractivity contribution in [1.29, 1.82) is 0 Å². The Morgan fingerprint density at radius 2 is 1.90 bits per heavy atom. The number of ether oxygens (including phenoxy) is 1. The van der Waals surface area contributed by atoms with Gasteiger partial charge in [0.15, 0.2) is 5.96 Å². The number of amides is 1. The predicted molar refractivity (Wildman–Crippen MR) is 128 cm³/mol. The zero-order valence-corrected chi connectivity index (χ0v) is 19.4. The number of carbonyl (C=O) groups is 1. The molecule has 2 N–H and O–H groups in total. The van der Waals surface area contributed by atoms with Crippen molar-refractivity contribution in [2.75, 3.05) is 46.2 Å². The molecule has 7 heteroatoms. The van der Waals surface area contributed by atoms with Gasteiger partial charge in [-0.05, 0) is 35.9 Å². The Morgan fingerprint density at radius 3 is 2.58 bits per heavy atom. The molecule has 0 saturated carbocycles. The van der Waals surface area contributed by atoms with Gasteiger partial charge in [0.2, 0.25) is 5.91 Å². The zero-order chi connectivity index (χ0) is 22.1. The number of morpholine rings is 1. The molecule has 1 aliphatic heterocycles. The zero-order valence-electron chi connectivity index (χ0n) is 18.6. The molecule has 166 valence electrons. The number of aryl methyl sites for hydroxylation is 1. The van der Waals surface area contributed by atoms with Gasteiger partial charge in [-0.2, -0.15) is 0 Å². The van der Waals surface area contributed by atoms with E-state index in [1.807, 2.05) is 35.2 Å². The third-order valence-electron chi connectivity index (χ3n) is 5.41. The van der Waals surface area contributed by atoms with Crippen LogP contribution >= 0.6 is 11.8 Å². The lowest BCUT2D eigenvalue weighted by Crippen LogP contribution is -2.47. The number of nitrogens with one attached hydrogen (secondary N) is 2. The highest BCUT2D eigenvalue weighted by Gasteiger charge is 2.27. The summed E-state index contributed by atoms with van der Waals surface area (Å²) in [7, 11) is 1.75. The van der Waals surface area contributed by atoms with Gasteiger partial charge in [-0.1, -0.05) is 42.5 Å². The van der Waals surface area contributed by atoms with E-state index in [0.717, 1.165) is 5.56 Å². The van der Waals surface area contributed by atoms with Crippen LogP contribution in [0.1, 0.15) is 22.6 Å². The second-order valence-electron chi connectivity index (χ2n) is 7.52. The number of hydrogen-bond donors (Lipinski definition) is 2. The Hall–Kier alpha value is -2.51. The number of thioether (sulfide) groups is 1. The van der Waals surface area contributed by atoms with Gasteiger partial charge in [0.05, 0.1) is 19.1 Å². The maximum atomic E-state index is 13.3. The molecular weight excluding hydrogens is 408 g/mol. The summed E-state index contributed by atoms with van der Waals surface area (Å²) in [6.45, 7) is 5.72. The summed E-state index contributed by atoms with van der Waals surface area (Å²) >= 11 is 1.74. The highest BCUT2D eigenvalue weighted by Crippen LogP contribution is 2.22. The van der Waals surface area contributed by atoms with E-state index in [1.54, 1.807) is 18.8 Å². The van der Waals surface area contributed by atoms with Gasteiger partial charge >= 0.3 is 0 Å². The molecule has 0 aliphatic carbocycles. The SMILES string of the molecule is CN=C(NCc1ccc(C)cc1SC)NCC(C(=O)N1CCOCC1)c1ccccc1. The van der Waals surface area contributed by atoms with Crippen LogP contribution in [0.25, 0.3) is 0 Å². The third-order valence-corrected chi connectivity index (χ3v) is 6.23. The number of hydrogen-bond acceptors (Lipinski definition) is 4. The van der Waals surface area contributed by atoms with E-state index in [9.17, 15) is 4.79 Å². The minimum absolute atomic E-state index is 0.126. The quantitative estimate of drug-likeness (QED) is 0.394. The standard InChI is InChI=1S/C24H32N4O2S/c1-18-9-10-20(22(15-18)31-3)16-26-24(25-2)27-17-21(19-7-5-4-6-8-19)23(29)28-11-13-30-14-12-28/h4-10,15,21H,11-14,16-17H2,1-3H3,(H2,25,26,27). The summed E-state index contributed by atoms with van der Waals surface area (Å²) in [6.07, 6.45) is 2.09. The lowest BCUT2D eigenvalue weighted by molar-refractivity contribution is -0.136. The summed E-state index contributed by atoms with van der Waals surface area (Å²) < 4.78 is 5.41. The molecule has 1 aliphatic rings. The van der Waals surface area contributed by atoms with Crippen LogP contribution in [0, 0.1) is 6.92 Å². The van der Waals surface area contributed by atoms with Crippen LogP contribution in [-0.2, 0) is 16.1 Å². The van der Waals surface area contributed by atoms with Crippen LogP contribution < -0.4 is 10.6 Å². The second-order valence-corrected chi connectivity index (χ2v) is 8.37. The van der Waals surface area contributed by atoms with Crippen molar-refractivity contribution in [2.45, 2.75) is 24.3 Å². The molecule has 1 heterocycles. The highest BCUT2D eigenvalue weighted by atomic mass is 32.2. The van der Waals surface area contributed by atoms with Crippen molar-refractivity contribution < 1.29 is 9.53 Å². The van der Waals surface area contributed by atoms with E-state index >= 15 is 0 Å². The van der Waals surface area contributed by atoms with Crippen molar-refractivity contribution in [1.82, 2.24) is 15.5 Å². The number of rotatable bonds is 7. The lowest BCUT2D eigenvalue weighted by atomic mass is 9.97. The Balaban J connectivity index is 1.66. The average molecular weight is 441 g/mol.